The van der Waals surface area contributed by atoms with E-state index in [1.54, 1.807) is 18.6 Å². The monoisotopic (exact) mass is 443 g/mol. The van der Waals surface area contributed by atoms with Gasteiger partial charge >= 0.3 is 0 Å². The molecule has 3 fully saturated rings. The lowest BCUT2D eigenvalue weighted by Gasteiger charge is -2.42. The molecule has 32 heavy (non-hydrogen) atoms. The molecule has 0 radical (unpaired) electrons. The number of rotatable bonds is 8. The number of carbonyl (C=O) groups excluding carboxylic acids is 2. The molecule has 1 aromatic heterocycles. The number of hydrogen-bond donors (Lipinski definition) is 1. The van der Waals surface area contributed by atoms with Gasteiger partial charge in [-0.3, -0.25) is 19.6 Å². The Morgan fingerprint density at radius 2 is 1.84 bits per heavy atom. The summed E-state index contributed by atoms with van der Waals surface area (Å²) in [7, 11) is 0. The highest BCUT2D eigenvalue weighted by molar-refractivity contribution is 5.76. The average molecular weight is 444 g/mol. The minimum atomic E-state index is 0.198. The van der Waals surface area contributed by atoms with Crippen molar-refractivity contribution in [3.63, 3.8) is 0 Å². The minimum Gasteiger partial charge on any atom is -0.381 e. The molecule has 1 N–H and O–H groups in total. The first kappa shape index (κ1) is 23.1. The van der Waals surface area contributed by atoms with Gasteiger partial charge in [-0.25, -0.2) is 0 Å². The average Bonchev–Trinajstić information content (AvgIpc) is 3.36. The zero-order valence-electron chi connectivity index (χ0n) is 19.1. The van der Waals surface area contributed by atoms with E-state index < -0.39 is 0 Å². The fourth-order valence-electron chi connectivity index (χ4n) is 5.19. The summed E-state index contributed by atoms with van der Waals surface area (Å²) >= 11 is 0. The molecule has 4 heterocycles. The molecule has 0 aromatic carbocycles. The molecule has 8 nitrogen and oxygen atoms in total. The van der Waals surface area contributed by atoms with Crippen molar-refractivity contribution < 1.29 is 14.3 Å². The maximum Gasteiger partial charge on any atom is 0.222 e. The van der Waals surface area contributed by atoms with Gasteiger partial charge < -0.3 is 19.9 Å². The summed E-state index contributed by atoms with van der Waals surface area (Å²) in [5.41, 5.74) is 0.873. The second-order valence-electron chi connectivity index (χ2n) is 9.45. The number of aryl methyl sites for hydroxylation is 1. The molecular formula is C24H37N5O3. The number of nitrogens with zero attached hydrogens (tertiary/aromatic N) is 4. The van der Waals surface area contributed by atoms with Gasteiger partial charge in [0.05, 0.1) is 5.69 Å². The first-order chi connectivity index (χ1) is 15.7. The van der Waals surface area contributed by atoms with E-state index in [9.17, 15) is 9.59 Å². The van der Waals surface area contributed by atoms with Gasteiger partial charge in [0.25, 0.3) is 0 Å². The van der Waals surface area contributed by atoms with Crippen LogP contribution >= 0.6 is 0 Å². The third-order valence-electron chi connectivity index (χ3n) is 7.24. The van der Waals surface area contributed by atoms with E-state index >= 15 is 0 Å². The molecule has 2 amide bonds. The van der Waals surface area contributed by atoms with Crippen LogP contribution in [0.5, 0.6) is 0 Å². The van der Waals surface area contributed by atoms with Crippen LogP contribution in [-0.4, -0.2) is 83.1 Å². The third kappa shape index (κ3) is 6.72. The van der Waals surface area contributed by atoms with Gasteiger partial charge in [0.15, 0.2) is 0 Å². The van der Waals surface area contributed by atoms with Gasteiger partial charge in [0, 0.05) is 82.9 Å². The molecule has 8 heteroatoms. The number of hydrogen-bond acceptors (Lipinski definition) is 6. The lowest BCUT2D eigenvalue weighted by Crippen LogP contribution is -2.51. The Balaban J connectivity index is 1.10. The van der Waals surface area contributed by atoms with Gasteiger partial charge in [-0.1, -0.05) is 0 Å². The fraction of sp³-hybridized carbons (Fsp3) is 0.750. The second kappa shape index (κ2) is 11.7. The maximum atomic E-state index is 12.6. The lowest BCUT2D eigenvalue weighted by atomic mass is 9.97. The van der Waals surface area contributed by atoms with Gasteiger partial charge in [-0.2, -0.15) is 0 Å². The topological polar surface area (TPSA) is 87.7 Å². The zero-order chi connectivity index (χ0) is 22.2. The Morgan fingerprint density at radius 3 is 2.53 bits per heavy atom. The van der Waals surface area contributed by atoms with Crippen molar-refractivity contribution in [1.82, 2.24) is 25.1 Å². The zero-order valence-corrected chi connectivity index (χ0v) is 19.1. The van der Waals surface area contributed by atoms with Gasteiger partial charge in [-0.15, -0.1) is 0 Å². The van der Waals surface area contributed by atoms with E-state index in [1.165, 1.54) is 0 Å². The number of nitrogens with one attached hydrogen (secondary N) is 1. The van der Waals surface area contributed by atoms with Crippen LogP contribution in [0, 0.1) is 5.92 Å². The van der Waals surface area contributed by atoms with E-state index in [0.717, 1.165) is 83.6 Å². The van der Waals surface area contributed by atoms with Crippen molar-refractivity contribution in [2.75, 3.05) is 39.4 Å². The fourth-order valence-corrected chi connectivity index (χ4v) is 5.19. The van der Waals surface area contributed by atoms with Crippen LogP contribution in [0.25, 0.3) is 0 Å². The van der Waals surface area contributed by atoms with Crippen molar-refractivity contribution in [3.05, 3.63) is 24.3 Å². The summed E-state index contributed by atoms with van der Waals surface area (Å²) < 4.78 is 5.40. The quantitative estimate of drug-likeness (QED) is 0.659. The van der Waals surface area contributed by atoms with Crippen LogP contribution in [0.1, 0.15) is 57.1 Å². The lowest BCUT2D eigenvalue weighted by molar-refractivity contribution is -0.132. The molecule has 0 spiro atoms. The summed E-state index contributed by atoms with van der Waals surface area (Å²) in [5.74, 6) is 0.982. The summed E-state index contributed by atoms with van der Waals surface area (Å²) in [4.78, 5) is 37.7. The number of likely N-dealkylation sites (tertiary alicyclic amines) is 2. The molecule has 3 aliphatic rings. The molecule has 1 aromatic rings. The van der Waals surface area contributed by atoms with Crippen molar-refractivity contribution in [2.45, 2.75) is 69.9 Å². The molecule has 1 atom stereocenters. The van der Waals surface area contributed by atoms with E-state index in [4.69, 9.17) is 4.74 Å². The summed E-state index contributed by atoms with van der Waals surface area (Å²) in [6, 6.07) is 0.861. The van der Waals surface area contributed by atoms with Crippen molar-refractivity contribution in [3.8, 4) is 0 Å². The SMILES string of the molecule is O=C(CCC1CCOC1)NC1CCN(C2CCN(C(=O)CCc3cnccn3)CC2)CC1. The van der Waals surface area contributed by atoms with Crippen LogP contribution in [0.4, 0.5) is 0 Å². The molecule has 1 unspecified atom stereocenters. The molecule has 3 saturated heterocycles. The highest BCUT2D eigenvalue weighted by Crippen LogP contribution is 2.22. The molecule has 3 aliphatic heterocycles. The number of aromatic nitrogens is 2. The minimum absolute atomic E-state index is 0.198. The summed E-state index contributed by atoms with van der Waals surface area (Å²) in [6.07, 6.45) is 13.0. The normalized spacial score (nSPS) is 23.4. The number of piperidine rings is 2. The predicted octanol–water partition coefficient (Wildman–Crippen LogP) is 1.80. The molecule has 0 aliphatic carbocycles. The van der Waals surface area contributed by atoms with Crippen LogP contribution in [-0.2, 0) is 20.7 Å². The van der Waals surface area contributed by atoms with Gasteiger partial charge in [-0.05, 0) is 50.9 Å². The van der Waals surface area contributed by atoms with Gasteiger partial charge in [0.1, 0.15) is 0 Å². The van der Waals surface area contributed by atoms with E-state index in [0.29, 0.717) is 37.3 Å². The maximum absolute atomic E-state index is 12.6. The van der Waals surface area contributed by atoms with E-state index in [-0.39, 0.29) is 11.8 Å². The Bertz CT molecular complexity index is 724. The third-order valence-corrected chi connectivity index (χ3v) is 7.24. The van der Waals surface area contributed by atoms with Crippen molar-refractivity contribution in [1.29, 1.82) is 0 Å². The summed E-state index contributed by atoms with van der Waals surface area (Å²) in [6.45, 7) is 5.41. The smallest absolute Gasteiger partial charge is 0.222 e. The van der Waals surface area contributed by atoms with E-state index in [2.05, 4.69) is 20.2 Å². The highest BCUT2D eigenvalue weighted by Gasteiger charge is 2.30. The molecule has 4 rings (SSSR count). The molecule has 0 bridgehead atoms. The number of amides is 2. The van der Waals surface area contributed by atoms with E-state index in [1.807, 2.05) is 4.90 Å². The summed E-state index contributed by atoms with van der Waals surface area (Å²) in [5, 5.41) is 3.25. The largest absolute Gasteiger partial charge is 0.381 e. The number of ether oxygens (including phenoxy) is 1. The molecule has 0 saturated carbocycles. The standard InChI is InChI=1S/C24H37N5O3/c30-23(3-1-19-9-16-32-18-19)27-20-5-12-28(13-6-20)22-7-14-29(15-8-22)24(31)4-2-21-17-25-10-11-26-21/h10-11,17,19-20,22H,1-9,12-16,18H2,(H,27,30). The number of carbonyl (C=O) groups is 2. The Labute approximate surface area is 191 Å². The van der Waals surface area contributed by atoms with Crippen LogP contribution in [0.3, 0.4) is 0 Å². The first-order valence-corrected chi connectivity index (χ1v) is 12.3. The van der Waals surface area contributed by atoms with Crippen LogP contribution in [0.15, 0.2) is 18.6 Å². The predicted molar refractivity (Wildman–Crippen MR) is 121 cm³/mol. The Kier molecular flexibility index (Phi) is 8.45. The van der Waals surface area contributed by atoms with Crippen LogP contribution in [0.2, 0.25) is 0 Å². The van der Waals surface area contributed by atoms with Gasteiger partial charge in [0.2, 0.25) is 11.8 Å². The molecular weight excluding hydrogens is 406 g/mol. The van der Waals surface area contributed by atoms with Crippen molar-refractivity contribution >= 4 is 11.8 Å². The first-order valence-electron chi connectivity index (χ1n) is 12.3. The Hall–Kier alpha value is -2.06. The Morgan fingerprint density at radius 1 is 1.03 bits per heavy atom. The van der Waals surface area contributed by atoms with Crippen molar-refractivity contribution in [2.24, 2.45) is 5.92 Å². The van der Waals surface area contributed by atoms with Crippen LogP contribution < -0.4 is 5.32 Å². The highest BCUT2D eigenvalue weighted by atomic mass is 16.5. The second-order valence-corrected chi connectivity index (χ2v) is 9.45. The molecule has 176 valence electrons.